The van der Waals surface area contributed by atoms with E-state index in [9.17, 15) is 0 Å². The van der Waals surface area contributed by atoms with Gasteiger partial charge in [0, 0.05) is 71.8 Å². The lowest BCUT2D eigenvalue weighted by atomic mass is 9.92. The molecule has 0 amide bonds. The number of aromatic nitrogens is 5. The van der Waals surface area contributed by atoms with Crippen molar-refractivity contribution in [3.05, 3.63) is 223 Å². The molecule has 0 atom stereocenters. The van der Waals surface area contributed by atoms with Gasteiger partial charge in [0.1, 0.15) is 0 Å². The summed E-state index contributed by atoms with van der Waals surface area (Å²) in [5.74, 6) is 0.711. The Balaban J connectivity index is 1.09. The molecule has 0 saturated carbocycles. The minimum Gasteiger partial charge on any atom is -0.309 e. The number of benzene rings is 9. The predicted molar refractivity (Wildman–Crippen MR) is 276 cm³/mol. The lowest BCUT2D eigenvalue weighted by Crippen LogP contribution is -2.03. The second-order valence-electron chi connectivity index (χ2n) is 17.6. The Morgan fingerprint density at radius 2 is 0.667 bits per heavy atom. The van der Waals surface area contributed by atoms with E-state index in [0.717, 1.165) is 67.3 Å². The molecule has 9 aromatic carbocycles. The smallest absolute Gasteiger partial charge is 0.159 e. The molecule has 0 unspecified atom stereocenters. The number of fused-ring (bicyclic) bond motifs is 9. The summed E-state index contributed by atoms with van der Waals surface area (Å²) in [5, 5.41) is 7.44. The molecule has 4 aromatic heterocycles. The average molecular weight is 846 g/mol. The number of hydrogen-bond acceptors (Lipinski definition) is 2. The van der Waals surface area contributed by atoms with Crippen molar-refractivity contribution < 1.29 is 0 Å². The van der Waals surface area contributed by atoms with Gasteiger partial charge in [-0.3, -0.25) is 0 Å². The first-order valence-electron chi connectivity index (χ1n) is 22.7. The van der Waals surface area contributed by atoms with E-state index < -0.39 is 0 Å². The zero-order valence-electron chi connectivity index (χ0n) is 36.9. The summed E-state index contributed by atoms with van der Waals surface area (Å²) in [6.45, 7) is 6.28. The lowest BCUT2D eigenvalue weighted by molar-refractivity contribution is 1.06. The molecule has 0 bridgehead atoms. The van der Waals surface area contributed by atoms with Crippen molar-refractivity contribution >= 4 is 65.4 Å². The molecule has 0 aliphatic rings. The first-order chi connectivity index (χ1) is 32.5. The summed E-state index contributed by atoms with van der Waals surface area (Å²) in [6.07, 6.45) is 0. The fourth-order valence-electron chi connectivity index (χ4n) is 10.6. The molecule has 0 saturated heterocycles. The highest BCUT2D eigenvalue weighted by molar-refractivity contribution is 6.12. The summed E-state index contributed by atoms with van der Waals surface area (Å²) in [7, 11) is 0. The maximum atomic E-state index is 5.06. The zero-order valence-corrected chi connectivity index (χ0v) is 36.9. The van der Waals surface area contributed by atoms with Gasteiger partial charge in [0.15, 0.2) is 5.82 Å². The van der Waals surface area contributed by atoms with Crippen LogP contribution in [0.15, 0.2) is 206 Å². The van der Waals surface area contributed by atoms with Crippen LogP contribution in [0.5, 0.6) is 0 Å². The van der Waals surface area contributed by atoms with E-state index in [1.165, 1.54) is 59.9 Å². The Labute approximate surface area is 382 Å². The summed E-state index contributed by atoms with van der Waals surface area (Å²) >= 11 is 0. The Morgan fingerprint density at radius 1 is 0.303 bits per heavy atom. The Kier molecular flexibility index (Phi) is 8.49. The average Bonchev–Trinajstić information content (AvgIpc) is 3.99. The highest BCUT2D eigenvalue weighted by atomic mass is 15.0. The molecule has 13 rings (SSSR count). The second-order valence-corrected chi connectivity index (χ2v) is 17.6. The first-order valence-corrected chi connectivity index (χ1v) is 22.7. The van der Waals surface area contributed by atoms with Crippen LogP contribution in [0, 0.1) is 20.8 Å². The van der Waals surface area contributed by atoms with Gasteiger partial charge < -0.3 is 13.7 Å². The van der Waals surface area contributed by atoms with Crippen molar-refractivity contribution in [2.45, 2.75) is 20.8 Å². The van der Waals surface area contributed by atoms with E-state index in [4.69, 9.17) is 9.97 Å². The molecule has 13 aromatic rings. The van der Waals surface area contributed by atoms with Gasteiger partial charge in [-0.1, -0.05) is 127 Å². The maximum Gasteiger partial charge on any atom is 0.159 e. The van der Waals surface area contributed by atoms with E-state index in [0.29, 0.717) is 5.82 Å². The number of aryl methyl sites for hydroxylation is 3. The molecular formula is C61H43N5. The van der Waals surface area contributed by atoms with Crippen LogP contribution in [0.25, 0.3) is 116 Å². The van der Waals surface area contributed by atoms with Crippen LogP contribution in [0.2, 0.25) is 0 Å². The van der Waals surface area contributed by atoms with Crippen LogP contribution in [0.3, 0.4) is 0 Å². The van der Waals surface area contributed by atoms with Crippen LogP contribution in [-0.4, -0.2) is 23.7 Å². The highest BCUT2D eigenvalue weighted by Gasteiger charge is 2.23. The minimum absolute atomic E-state index is 0.711. The lowest BCUT2D eigenvalue weighted by Gasteiger charge is -2.21. The second kappa shape index (κ2) is 14.8. The van der Waals surface area contributed by atoms with E-state index >= 15 is 0 Å². The van der Waals surface area contributed by atoms with Crippen LogP contribution in [0.4, 0.5) is 0 Å². The normalized spacial score (nSPS) is 11.9. The largest absolute Gasteiger partial charge is 0.309 e. The third-order valence-corrected chi connectivity index (χ3v) is 13.4. The Bertz CT molecular complexity index is 3760. The third-order valence-electron chi connectivity index (χ3n) is 13.4. The van der Waals surface area contributed by atoms with Crippen LogP contribution in [-0.2, 0) is 0 Å². The van der Waals surface area contributed by atoms with Crippen molar-refractivity contribution in [2.24, 2.45) is 0 Å². The Morgan fingerprint density at radius 3 is 1.09 bits per heavy atom. The molecule has 0 N–H and O–H groups in total. The van der Waals surface area contributed by atoms with E-state index in [2.05, 4.69) is 235 Å². The fraction of sp³-hybridized carbons (Fsp3) is 0.0492. The molecule has 66 heavy (non-hydrogen) atoms. The number of rotatable bonds is 6. The van der Waals surface area contributed by atoms with Gasteiger partial charge in [0.25, 0.3) is 0 Å². The van der Waals surface area contributed by atoms with Crippen LogP contribution in [0.1, 0.15) is 17.0 Å². The number of para-hydroxylation sites is 5. The van der Waals surface area contributed by atoms with Gasteiger partial charge in [0.2, 0.25) is 0 Å². The number of hydrogen-bond donors (Lipinski definition) is 0. The van der Waals surface area contributed by atoms with Crippen molar-refractivity contribution in [1.29, 1.82) is 0 Å². The van der Waals surface area contributed by atoms with Gasteiger partial charge in [-0.15, -0.1) is 0 Å². The van der Waals surface area contributed by atoms with Crippen LogP contribution < -0.4 is 0 Å². The Hall–Kier alpha value is -8.54. The van der Waals surface area contributed by atoms with Crippen molar-refractivity contribution in [1.82, 2.24) is 23.7 Å². The topological polar surface area (TPSA) is 40.6 Å². The third kappa shape index (κ3) is 5.87. The van der Waals surface area contributed by atoms with Crippen molar-refractivity contribution in [2.75, 3.05) is 0 Å². The van der Waals surface area contributed by atoms with Crippen molar-refractivity contribution in [3.8, 4) is 50.7 Å². The van der Waals surface area contributed by atoms with Gasteiger partial charge in [-0.05, 0) is 117 Å². The van der Waals surface area contributed by atoms with Crippen LogP contribution >= 0.6 is 0 Å². The molecule has 0 spiro atoms. The molecule has 0 aliphatic heterocycles. The summed E-state index contributed by atoms with van der Waals surface area (Å²) < 4.78 is 7.26. The molecular weight excluding hydrogens is 803 g/mol. The zero-order chi connectivity index (χ0) is 44.0. The molecule has 312 valence electrons. The standard InChI is InChI=1S/C61H43N5/c1-38-24-33-59-53(34-38)50-18-8-13-23-58(50)66(59)60-51(41-25-29-44(30-26-41)64-54-19-9-4-14-46(54)47-15-5-10-20-55(47)64)36-43(61-62-39(2)35-40(3)63-61)37-52(60)42-27-31-45(32-28-42)65-56-21-11-6-16-48(56)49-17-7-12-22-57(49)65/h4-37H,1-3H3. The SMILES string of the molecule is Cc1ccc2c(c1)c1ccccc1n2-c1c(-c2ccc(-n3c4ccccc4c4ccccc43)cc2)cc(-c2nc(C)cc(C)n2)cc1-c1ccc(-n2c3ccccc3c3ccccc32)cc1. The van der Waals surface area contributed by atoms with Gasteiger partial charge in [-0.2, -0.15) is 0 Å². The monoisotopic (exact) mass is 845 g/mol. The highest BCUT2D eigenvalue weighted by Crippen LogP contribution is 2.45. The molecule has 5 nitrogen and oxygen atoms in total. The molecule has 5 heteroatoms. The van der Waals surface area contributed by atoms with Crippen molar-refractivity contribution in [3.63, 3.8) is 0 Å². The molecule has 0 aliphatic carbocycles. The summed E-state index contributed by atoms with van der Waals surface area (Å²) in [4.78, 5) is 10.1. The first kappa shape index (κ1) is 38.0. The van der Waals surface area contributed by atoms with Gasteiger partial charge >= 0.3 is 0 Å². The summed E-state index contributed by atoms with van der Waals surface area (Å²) in [5.41, 5.74) is 18.8. The molecule has 0 fully saturated rings. The van der Waals surface area contributed by atoms with E-state index in [-0.39, 0.29) is 0 Å². The fourth-order valence-corrected chi connectivity index (χ4v) is 10.6. The van der Waals surface area contributed by atoms with E-state index in [1.54, 1.807) is 0 Å². The van der Waals surface area contributed by atoms with E-state index in [1.807, 2.05) is 6.07 Å². The maximum absolute atomic E-state index is 5.06. The predicted octanol–water partition coefficient (Wildman–Crippen LogP) is 15.7. The van der Waals surface area contributed by atoms with Gasteiger partial charge in [0.05, 0.1) is 38.8 Å². The molecule has 0 radical (unpaired) electrons. The summed E-state index contributed by atoms with van der Waals surface area (Å²) in [6, 6.07) is 75.4. The quantitative estimate of drug-likeness (QED) is 0.167. The molecule has 4 heterocycles. The minimum atomic E-state index is 0.711. The number of nitrogens with zero attached hydrogens (tertiary/aromatic N) is 5. The van der Waals surface area contributed by atoms with Gasteiger partial charge in [-0.25, -0.2) is 9.97 Å².